The van der Waals surface area contributed by atoms with E-state index in [-0.39, 0.29) is 35.2 Å². The molecular formula is C13H15ClN2O3. The number of nitrogens with zero attached hydrogens (tertiary/aromatic N) is 1. The first-order valence-corrected chi connectivity index (χ1v) is 6.38. The van der Waals surface area contributed by atoms with Crippen LogP contribution in [-0.4, -0.2) is 41.5 Å². The Balaban J connectivity index is 1.97. The van der Waals surface area contributed by atoms with Crippen LogP contribution in [0.1, 0.15) is 23.2 Å². The Kier molecular flexibility index (Phi) is 3.95. The number of rotatable bonds is 4. The Bertz CT molecular complexity index is 515. The Hall–Kier alpha value is -1.75. The van der Waals surface area contributed by atoms with Gasteiger partial charge in [-0.15, -0.1) is 0 Å². The molecule has 1 saturated carbocycles. The first-order valence-electron chi connectivity index (χ1n) is 6.00. The molecule has 0 atom stereocenters. The Morgan fingerprint density at radius 2 is 2.16 bits per heavy atom. The minimum Gasteiger partial charge on any atom is -0.506 e. The minimum atomic E-state index is -0.312. The van der Waals surface area contributed by atoms with Crippen molar-refractivity contribution in [2.45, 2.75) is 18.9 Å². The largest absolute Gasteiger partial charge is 0.506 e. The number of phenols is 1. The van der Waals surface area contributed by atoms with Crippen LogP contribution in [0, 0.1) is 0 Å². The molecule has 102 valence electrons. The molecule has 2 N–H and O–H groups in total. The van der Waals surface area contributed by atoms with Crippen molar-refractivity contribution < 1.29 is 14.7 Å². The van der Waals surface area contributed by atoms with Gasteiger partial charge in [-0.1, -0.05) is 11.6 Å². The first kappa shape index (κ1) is 13.7. The zero-order valence-electron chi connectivity index (χ0n) is 10.5. The molecule has 0 aromatic heterocycles. The third-order valence-electron chi connectivity index (χ3n) is 2.86. The molecule has 19 heavy (non-hydrogen) atoms. The summed E-state index contributed by atoms with van der Waals surface area (Å²) in [4.78, 5) is 25.0. The Morgan fingerprint density at radius 1 is 1.47 bits per heavy atom. The van der Waals surface area contributed by atoms with Gasteiger partial charge in [-0.25, -0.2) is 0 Å². The van der Waals surface area contributed by atoms with Crippen LogP contribution in [0.15, 0.2) is 18.2 Å². The molecule has 1 aliphatic rings. The van der Waals surface area contributed by atoms with E-state index < -0.39 is 0 Å². The number of likely N-dealkylation sites (N-methyl/N-ethyl adjacent to an activating group) is 1. The van der Waals surface area contributed by atoms with Crippen molar-refractivity contribution in [3.63, 3.8) is 0 Å². The molecule has 6 heteroatoms. The molecule has 0 bridgehead atoms. The molecule has 1 aliphatic carbocycles. The zero-order chi connectivity index (χ0) is 14.0. The average molecular weight is 283 g/mol. The summed E-state index contributed by atoms with van der Waals surface area (Å²) in [5.41, 5.74) is 0.338. The van der Waals surface area contributed by atoms with E-state index in [1.54, 1.807) is 7.05 Å². The SMILES string of the molecule is CN(CC(=O)NC1CC1)C(=O)c1ccc(O)c(Cl)c1. The van der Waals surface area contributed by atoms with Crippen molar-refractivity contribution in [1.82, 2.24) is 10.2 Å². The monoisotopic (exact) mass is 282 g/mol. The predicted octanol–water partition coefficient (Wildman–Crippen LogP) is 1.40. The maximum atomic E-state index is 12.1. The molecule has 5 nitrogen and oxygen atoms in total. The van der Waals surface area contributed by atoms with Gasteiger partial charge in [0.2, 0.25) is 5.91 Å². The van der Waals surface area contributed by atoms with E-state index in [4.69, 9.17) is 11.6 Å². The highest BCUT2D eigenvalue weighted by molar-refractivity contribution is 6.32. The van der Waals surface area contributed by atoms with Crippen molar-refractivity contribution in [3.8, 4) is 5.75 Å². The fourth-order valence-corrected chi connectivity index (χ4v) is 1.83. The van der Waals surface area contributed by atoms with E-state index in [2.05, 4.69) is 5.32 Å². The number of benzene rings is 1. The lowest BCUT2D eigenvalue weighted by molar-refractivity contribution is -0.121. The Labute approximate surface area is 116 Å². The molecule has 2 amide bonds. The van der Waals surface area contributed by atoms with Crippen molar-refractivity contribution in [3.05, 3.63) is 28.8 Å². The second kappa shape index (κ2) is 5.48. The van der Waals surface area contributed by atoms with Crippen molar-refractivity contribution in [2.75, 3.05) is 13.6 Å². The number of aromatic hydroxyl groups is 1. The van der Waals surface area contributed by atoms with Crippen LogP contribution in [0.5, 0.6) is 5.75 Å². The summed E-state index contributed by atoms with van der Waals surface area (Å²) in [6, 6.07) is 4.49. The smallest absolute Gasteiger partial charge is 0.254 e. The van der Waals surface area contributed by atoms with Crippen LogP contribution < -0.4 is 5.32 Å². The summed E-state index contributed by atoms with van der Waals surface area (Å²) in [6.45, 7) is 0.00777. The summed E-state index contributed by atoms with van der Waals surface area (Å²) in [7, 11) is 1.55. The third kappa shape index (κ3) is 3.61. The maximum absolute atomic E-state index is 12.1. The van der Waals surface area contributed by atoms with Crippen LogP contribution in [0.4, 0.5) is 0 Å². The molecule has 1 fully saturated rings. The molecule has 2 rings (SSSR count). The number of halogens is 1. The molecule has 0 aliphatic heterocycles. The van der Waals surface area contributed by atoms with E-state index in [1.807, 2.05) is 0 Å². The number of hydrogen-bond donors (Lipinski definition) is 2. The standard InChI is InChI=1S/C13H15ClN2O3/c1-16(7-12(18)15-9-3-4-9)13(19)8-2-5-11(17)10(14)6-8/h2,5-6,9,17H,3-4,7H2,1H3,(H,15,18). The van der Waals surface area contributed by atoms with E-state index in [0.29, 0.717) is 5.56 Å². The number of carbonyl (C=O) groups is 2. The van der Waals surface area contributed by atoms with Gasteiger partial charge in [-0.3, -0.25) is 9.59 Å². The van der Waals surface area contributed by atoms with E-state index in [0.717, 1.165) is 12.8 Å². The van der Waals surface area contributed by atoms with Gasteiger partial charge < -0.3 is 15.3 Å². The number of hydrogen-bond acceptors (Lipinski definition) is 3. The highest BCUT2D eigenvalue weighted by Crippen LogP contribution is 2.24. The molecule has 1 aromatic rings. The summed E-state index contributed by atoms with van der Waals surface area (Å²) in [5, 5.41) is 12.2. The fraction of sp³-hybridized carbons (Fsp3) is 0.385. The number of phenolic OH excluding ortho intramolecular Hbond substituents is 1. The molecule has 1 aromatic carbocycles. The fourth-order valence-electron chi connectivity index (χ4n) is 1.65. The van der Waals surface area contributed by atoms with Gasteiger partial charge in [-0.2, -0.15) is 0 Å². The summed E-state index contributed by atoms with van der Waals surface area (Å²) in [6.07, 6.45) is 2.02. The molecule has 0 radical (unpaired) electrons. The molecule has 0 saturated heterocycles. The third-order valence-corrected chi connectivity index (χ3v) is 3.17. The summed E-state index contributed by atoms with van der Waals surface area (Å²) in [5.74, 6) is -0.552. The van der Waals surface area contributed by atoms with Gasteiger partial charge >= 0.3 is 0 Å². The lowest BCUT2D eigenvalue weighted by Crippen LogP contribution is -2.39. The second-order valence-corrected chi connectivity index (χ2v) is 5.08. The second-order valence-electron chi connectivity index (χ2n) is 4.67. The summed E-state index contributed by atoms with van der Waals surface area (Å²) >= 11 is 5.75. The summed E-state index contributed by atoms with van der Waals surface area (Å²) < 4.78 is 0. The van der Waals surface area contributed by atoms with Gasteiger partial charge in [0, 0.05) is 18.7 Å². The lowest BCUT2D eigenvalue weighted by atomic mass is 10.2. The van der Waals surface area contributed by atoms with Crippen molar-refractivity contribution in [1.29, 1.82) is 0 Å². The molecular weight excluding hydrogens is 268 g/mol. The maximum Gasteiger partial charge on any atom is 0.254 e. The van der Waals surface area contributed by atoms with Crippen molar-refractivity contribution >= 4 is 23.4 Å². The highest BCUT2D eigenvalue weighted by atomic mass is 35.5. The molecule has 0 heterocycles. The van der Waals surface area contributed by atoms with Crippen LogP contribution in [0.25, 0.3) is 0 Å². The van der Waals surface area contributed by atoms with Gasteiger partial charge in [-0.05, 0) is 31.0 Å². The van der Waals surface area contributed by atoms with Crippen molar-refractivity contribution in [2.24, 2.45) is 0 Å². The molecule has 0 unspecified atom stereocenters. The van der Waals surface area contributed by atoms with E-state index in [1.165, 1.54) is 23.1 Å². The lowest BCUT2D eigenvalue weighted by Gasteiger charge is -2.17. The van der Waals surface area contributed by atoms with Gasteiger partial charge in [0.1, 0.15) is 5.75 Å². The molecule has 0 spiro atoms. The highest BCUT2D eigenvalue weighted by Gasteiger charge is 2.24. The zero-order valence-corrected chi connectivity index (χ0v) is 11.3. The predicted molar refractivity (Wildman–Crippen MR) is 71.2 cm³/mol. The Morgan fingerprint density at radius 3 is 2.74 bits per heavy atom. The quantitative estimate of drug-likeness (QED) is 0.877. The van der Waals surface area contributed by atoms with Gasteiger partial charge in [0.15, 0.2) is 0 Å². The van der Waals surface area contributed by atoms with Crippen LogP contribution in [-0.2, 0) is 4.79 Å². The van der Waals surface area contributed by atoms with Gasteiger partial charge in [0.25, 0.3) is 5.91 Å². The van der Waals surface area contributed by atoms with Crippen LogP contribution in [0.3, 0.4) is 0 Å². The number of carbonyl (C=O) groups excluding carboxylic acids is 2. The van der Waals surface area contributed by atoms with E-state index in [9.17, 15) is 14.7 Å². The number of amides is 2. The minimum absolute atomic E-state index is 0.00777. The number of nitrogens with one attached hydrogen (secondary N) is 1. The topological polar surface area (TPSA) is 69.6 Å². The van der Waals surface area contributed by atoms with Crippen LogP contribution in [0.2, 0.25) is 5.02 Å². The normalized spacial score (nSPS) is 14.0. The average Bonchev–Trinajstić information content (AvgIpc) is 3.15. The van der Waals surface area contributed by atoms with Gasteiger partial charge in [0.05, 0.1) is 11.6 Å². The van der Waals surface area contributed by atoms with E-state index >= 15 is 0 Å². The first-order chi connectivity index (χ1) is 8.97. The van der Waals surface area contributed by atoms with Crippen LogP contribution >= 0.6 is 11.6 Å².